The van der Waals surface area contributed by atoms with Crippen molar-refractivity contribution in [3.8, 4) is 17.0 Å². The highest BCUT2D eigenvalue weighted by molar-refractivity contribution is 6.12. The summed E-state index contributed by atoms with van der Waals surface area (Å²) in [7, 11) is 1.62. The molecule has 0 saturated heterocycles. The Bertz CT molecular complexity index is 1130. The summed E-state index contributed by atoms with van der Waals surface area (Å²) in [6.45, 7) is 1.77. The zero-order valence-electron chi connectivity index (χ0n) is 14.9. The second-order valence-electron chi connectivity index (χ2n) is 6.08. The van der Waals surface area contributed by atoms with Gasteiger partial charge in [-0.15, -0.1) is 0 Å². The van der Waals surface area contributed by atoms with Crippen LogP contribution in [-0.4, -0.2) is 23.2 Å². The van der Waals surface area contributed by atoms with Crippen LogP contribution in [-0.2, 0) is 0 Å². The molecular weight excluding hydrogens is 342 g/mol. The van der Waals surface area contributed by atoms with Gasteiger partial charge in [-0.05, 0) is 31.2 Å². The first-order valence-corrected chi connectivity index (χ1v) is 8.43. The van der Waals surface area contributed by atoms with Crippen molar-refractivity contribution < 1.29 is 14.1 Å². The van der Waals surface area contributed by atoms with E-state index in [-0.39, 0.29) is 5.91 Å². The summed E-state index contributed by atoms with van der Waals surface area (Å²) in [5.41, 5.74) is 2.80. The largest absolute Gasteiger partial charge is 0.497 e. The van der Waals surface area contributed by atoms with Gasteiger partial charge in [-0.2, -0.15) is 0 Å². The number of methoxy groups -OCH3 is 1. The number of aromatic nitrogens is 2. The van der Waals surface area contributed by atoms with Crippen LogP contribution in [0.1, 0.15) is 16.1 Å². The van der Waals surface area contributed by atoms with E-state index in [0.29, 0.717) is 22.8 Å². The number of anilines is 1. The molecule has 1 amide bonds. The van der Waals surface area contributed by atoms with Crippen LogP contribution in [0, 0.1) is 6.92 Å². The fourth-order valence-electron chi connectivity index (χ4n) is 2.90. The summed E-state index contributed by atoms with van der Waals surface area (Å²) in [6.07, 6.45) is 0. The first-order chi connectivity index (χ1) is 13.1. The van der Waals surface area contributed by atoms with Crippen LogP contribution in [0.5, 0.6) is 5.75 Å². The van der Waals surface area contributed by atoms with E-state index in [9.17, 15) is 4.79 Å². The van der Waals surface area contributed by atoms with E-state index >= 15 is 0 Å². The number of para-hydroxylation sites is 1. The number of amides is 1. The van der Waals surface area contributed by atoms with Gasteiger partial charge in [0.15, 0.2) is 5.82 Å². The molecule has 0 aliphatic rings. The minimum absolute atomic E-state index is 0.272. The highest BCUT2D eigenvalue weighted by Gasteiger charge is 2.15. The lowest BCUT2D eigenvalue weighted by Crippen LogP contribution is -2.13. The fourth-order valence-corrected chi connectivity index (χ4v) is 2.90. The number of ether oxygens (including phenoxy) is 1. The van der Waals surface area contributed by atoms with E-state index in [1.807, 2.05) is 48.5 Å². The zero-order valence-corrected chi connectivity index (χ0v) is 14.9. The number of rotatable bonds is 4. The number of hydrogen-bond acceptors (Lipinski definition) is 5. The van der Waals surface area contributed by atoms with Crippen LogP contribution < -0.4 is 10.1 Å². The molecule has 1 N–H and O–H groups in total. The molecule has 0 unspecified atom stereocenters. The fraction of sp³-hybridized carbons (Fsp3) is 0.0952. The Kier molecular flexibility index (Phi) is 4.30. The second kappa shape index (κ2) is 6.92. The highest BCUT2D eigenvalue weighted by atomic mass is 16.5. The number of pyridine rings is 1. The highest BCUT2D eigenvalue weighted by Crippen LogP contribution is 2.27. The molecule has 4 rings (SSSR count). The molecule has 0 saturated carbocycles. The summed E-state index contributed by atoms with van der Waals surface area (Å²) in [5.74, 6) is 1.46. The molecule has 134 valence electrons. The van der Waals surface area contributed by atoms with E-state index < -0.39 is 0 Å². The third-order valence-corrected chi connectivity index (χ3v) is 4.20. The smallest absolute Gasteiger partial charge is 0.257 e. The van der Waals surface area contributed by atoms with Gasteiger partial charge in [-0.1, -0.05) is 35.5 Å². The molecule has 27 heavy (non-hydrogen) atoms. The summed E-state index contributed by atoms with van der Waals surface area (Å²) < 4.78 is 10.3. The molecule has 0 spiro atoms. The lowest BCUT2D eigenvalue weighted by molar-refractivity contribution is 0.102. The SMILES string of the molecule is COc1cccc(-c2cc(C(=O)Nc3cc(C)on3)c3ccccc3n2)c1. The molecule has 0 fully saturated rings. The van der Waals surface area contributed by atoms with E-state index in [4.69, 9.17) is 14.2 Å². The molecule has 6 heteroatoms. The van der Waals surface area contributed by atoms with Crippen LogP contribution in [0.15, 0.2) is 65.2 Å². The minimum atomic E-state index is -0.272. The molecule has 0 atom stereocenters. The number of aryl methyl sites for hydroxylation is 1. The van der Waals surface area contributed by atoms with Crippen molar-refractivity contribution in [3.63, 3.8) is 0 Å². The molecule has 0 radical (unpaired) electrons. The molecule has 0 aliphatic heterocycles. The number of carbonyl (C=O) groups excluding carboxylic acids is 1. The Labute approximate surface area is 155 Å². The second-order valence-corrected chi connectivity index (χ2v) is 6.08. The predicted molar refractivity (Wildman–Crippen MR) is 103 cm³/mol. The van der Waals surface area contributed by atoms with Crippen LogP contribution in [0.4, 0.5) is 5.82 Å². The summed E-state index contributed by atoms with van der Waals surface area (Å²) in [6, 6.07) is 18.6. The van der Waals surface area contributed by atoms with E-state index in [2.05, 4.69) is 10.5 Å². The van der Waals surface area contributed by atoms with Crippen LogP contribution in [0.3, 0.4) is 0 Å². The number of nitrogens with one attached hydrogen (secondary N) is 1. The van der Waals surface area contributed by atoms with Gasteiger partial charge in [0.2, 0.25) is 0 Å². The summed E-state index contributed by atoms with van der Waals surface area (Å²) >= 11 is 0. The lowest BCUT2D eigenvalue weighted by Gasteiger charge is -2.10. The van der Waals surface area contributed by atoms with Gasteiger partial charge in [-0.3, -0.25) is 4.79 Å². The van der Waals surface area contributed by atoms with Crippen molar-refractivity contribution in [2.45, 2.75) is 6.92 Å². The molecule has 2 aromatic heterocycles. The standard InChI is InChI=1S/C21H17N3O3/c1-13-10-20(24-27-13)23-21(25)17-12-19(14-6-5-7-15(11-14)26-2)22-18-9-4-3-8-16(17)18/h3-12H,1-2H3,(H,23,24,25). The quantitative estimate of drug-likeness (QED) is 0.582. The van der Waals surface area contributed by atoms with Crippen LogP contribution in [0.2, 0.25) is 0 Å². The molecule has 2 heterocycles. The normalized spacial score (nSPS) is 10.7. The third-order valence-electron chi connectivity index (χ3n) is 4.20. The maximum Gasteiger partial charge on any atom is 0.257 e. The van der Waals surface area contributed by atoms with Gasteiger partial charge in [0.25, 0.3) is 5.91 Å². The Morgan fingerprint density at radius 2 is 1.93 bits per heavy atom. The maximum atomic E-state index is 12.9. The predicted octanol–water partition coefficient (Wildman–Crippen LogP) is 4.46. The number of fused-ring (bicyclic) bond motifs is 1. The van der Waals surface area contributed by atoms with Gasteiger partial charge in [0.1, 0.15) is 11.5 Å². The van der Waals surface area contributed by atoms with Gasteiger partial charge >= 0.3 is 0 Å². The molecule has 2 aromatic carbocycles. The van der Waals surface area contributed by atoms with Gasteiger partial charge in [0, 0.05) is 17.0 Å². The maximum absolute atomic E-state index is 12.9. The Balaban J connectivity index is 1.82. The summed E-state index contributed by atoms with van der Waals surface area (Å²) in [5, 5.41) is 7.37. The first-order valence-electron chi connectivity index (χ1n) is 8.43. The molecule has 0 aliphatic carbocycles. The Morgan fingerprint density at radius 3 is 2.70 bits per heavy atom. The van der Waals surface area contributed by atoms with Crippen LogP contribution in [0.25, 0.3) is 22.2 Å². The Hall–Kier alpha value is -3.67. The minimum Gasteiger partial charge on any atom is -0.497 e. The molecule has 4 aromatic rings. The van der Waals surface area contributed by atoms with Crippen molar-refractivity contribution >= 4 is 22.6 Å². The summed E-state index contributed by atoms with van der Waals surface area (Å²) in [4.78, 5) is 17.6. The van der Waals surface area contributed by atoms with Crippen molar-refractivity contribution in [2.24, 2.45) is 0 Å². The van der Waals surface area contributed by atoms with Crippen LogP contribution >= 0.6 is 0 Å². The lowest BCUT2D eigenvalue weighted by atomic mass is 10.0. The average molecular weight is 359 g/mol. The zero-order chi connectivity index (χ0) is 18.8. The van der Waals surface area contributed by atoms with Crippen molar-refractivity contribution in [1.82, 2.24) is 10.1 Å². The first kappa shape index (κ1) is 16.8. The van der Waals surface area contributed by atoms with Gasteiger partial charge in [0.05, 0.1) is 23.9 Å². The number of carbonyl (C=O) groups is 1. The van der Waals surface area contributed by atoms with E-state index in [1.54, 1.807) is 26.2 Å². The van der Waals surface area contributed by atoms with E-state index in [0.717, 1.165) is 22.2 Å². The number of nitrogens with zero attached hydrogens (tertiary/aromatic N) is 2. The third kappa shape index (κ3) is 3.37. The topological polar surface area (TPSA) is 77.2 Å². The molecule has 0 bridgehead atoms. The number of hydrogen-bond donors (Lipinski definition) is 1. The van der Waals surface area contributed by atoms with E-state index in [1.165, 1.54) is 0 Å². The average Bonchev–Trinajstić information content (AvgIpc) is 3.11. The van der Waals surface area contributed by atoms with Gasteiger partial charge < -0.3 is 14.6 Å². The van der Waals surface area contributed by atoms with Crippen molar-refractivity contribution in [3.05, 3.63) is 72.0 Å². The number of benzene rings is 2. The molecule has 6 nitrogen and oxygen atoms in total. The molecular formula is C21H17N3O3. The van der Waals surface area contributed by atoms with Crippen molar-refractivity contribution in [1.29, 1.82) is 0 Å². The monoisotopic (exact) mass is 359 g/mol. The van der Waals surface area contributed by atoms with Gasteiger partial charge in [-0.25, -0.2) is 4.98 Å². The van der Waals surface area contributed by atoms with Crippen molar-refractivity contribution in [2.75, 3.05) is 12.4 Å². The Morgan fingerprint density at radius 1 is 1.07 bits per heavy atom.